The summed E-state index contributed by atoms with van der Waals surface area (Å²) in [6.07, 6.45) is 0.103. The molecule has 0 atom stereocenters. The molecule has 1 rings (SSSR count). The fourth-order valence-electron chi connectivity index (χ4n) is 1.00. The minimum absolute atomic E-state index is 0.103. The van der Waals surface area contributed by atoms with Gasteiger partial charge in [0.2, 0.25) is 5.91 Å². The maximum Gasteiger partial charge on any atom is 0.248 e. The highest BCUT2D eigenvalue weighted by molar-refractivity contribution is 9.10. The van der Waals surface area contributed by atoms with Gasteiger partial charge in [0.05, 0.1) is 10.6 Å². The van der Waals surface area contributed by atoms with E-state index in [0.29, 0.717) is 11.3 Å². The third kappa shape index (κ3) is 2.73. The minimum Gasteiger partial charge on any atom is -0.490 e. The van der Waals surface area contributed by atoms with E-state index in [2.05, 4.69) is 15.9 Å². The second kappa shape index (κ2) is 4.46. The fraction of sp³-hybridized carbons (Fsp3) is 0.300. The molecule has 3 nitrogen and oxygen atoms in total. The van der Waals surface area contributed by atoms with Crippen LogP contribution in [0.3, 0.4) is 0 Å². The lowest BCUT2D eigenvalue weighted by molar-refractivity contribution is 0.1000. The predicted octanol–water partition coefficient (Wildman–Crippen LogP) is 2.34. The summed E-state index contributed by atoms with van der Waals surface area (Å²) in [6.45, 7) is 3.88. The molecule has 0 aromatic heterocycles. The molecule has 0 saturated heterocycles. The maximum atomic E-state index is 10.8. The molecule has 4 heteroatoms. The van der Waals surface area contributed by atoms with E-state index < -0.39 is 5.91 Å². The van der Waals surface area contributed by atoms with Crippen LogP contribution in [-0.4, -0.2) is 12.0 Å². The molecule has 0 bridgehead atoms. The van der Waals surface area contributed by atoms with E-state index in [9.17, 15) is 4.79 Å². The van der Waals surface area contributed by atoms with Gasteiger partial charge in [0.1, 0.15) is 5.75 Å². The number of rotatable bonds is 3. The number of benzene rings is 1. The molecule has 0 radical (unpaired) electrons. The van der Waals surface area contributed by atoms with E-state index in [4.69, 9.17) is 10.5 Å². The molecule has 1 aromatic rings. The first-order valence-corrected chi connectivity index (χ1v) is 5.06. The second-order valence-electron chi connectivity index (χ2n) is 3.18. The highest BCUT2D eigenvalue weighted by Gasteiger charge is 2.06. The predicted molar refractivity (Wildman–Crippen MR) is 58.4 cm³/mol. The lowest BCUT2D eigenvalue weighted by Crippen LogP contribution is -2.11. The van der Waals surface area contributed by atoms with Crippen molar-refractivity contribution in [2.24, 2.45) is 5.73 Å². The second-order valence-corrected chi connectivity index (χ2v) is 4.03. The number of primary amides is 1. The van der Waals surface area contributed by atoms with Gasteiger partial charge >= 0.3 is 0 Å². The normalized spacial score (nSPS) is 10.3. The van der Waals surface area contributed by atoms with Crippen molar-refractivity contribution in [3.63, 3.8) is 0 Å². The monoisotopic (exact) mass is 257 g/mol. The van der Waals surface area contributed by atoms with Gasteiger partial charge in [-0.3, -0.25) is 4.79 Å². The van der Waals surface area contributed by atoms with Gasteiger partial charge in [-0.25, -0.2) is 0 Å². The Kier molecular flexibility index (Phi) is 3.52. The highest BCUT2D eigenvalue weighted by Crippen LogP contribution is 2.26. The fourth-order valence-corrected chi connectivity index (χ4v) is 1.48. The molecular formula is C10H12BrNO2. The van der Waals surface area contributed by atoms with Crippen LogP contribution in [0.4, 0.5) is 0 Å². The van der Waals surface area contributed by atoms with Gasteiger partial charge in [0, 0.05) is 5.56 Å². The molecule has 2 N–H and O–H groups in total. The summed E-state index contributed by atoms with van der Waals surface area (Å²) in [5.74, 6) is 0.270. The van der Waals surface area contributed by atoms with Crippen molar-refractivity contribution in [2.75, 3.05) is 0 Å². The van der Waals surface area contributed by atoms with Crippen LogP contribution in [0.15, 0.2) is 22.7 Å². The van der Waals surface area contributed by atoms with Gasteiger partial charge in [-0.15, -0.1) is 0 Å². The van der Waals surface area contributed by atoms with Gasteiger partial charge in [-0.05, 0) is 48.0 Å². The van der Waals surface area contributed by atoms with Crippen LogP contribution in [-0.2, 0) is 0 Å². The van der Waals surface area contributed by atoms with Crippen molar-refractivity contribution >= 4 is 21.8 Å². The molecule has 0 unspecified atom stereocenters. The summed E-state index contributed by atoms with van der Waals surface area (Å²) in [4.78, 5) is 10.8. The summed E-state index contributed by atoms with van der Waals surface area (Å²) in [7, 11) is 0. The van der Waals surface area contributed by atoms with E-state index in [1.165, 1.54) is 0 Å². The number of ether oxygens (including phenoxy) is 1. The summed E-state index contributed by atoms with van der Waals surface area (Å²) in [5.41, 5.74) is 5.60. The van der Waals surface area contributed by atoms with E-state index in [-0.39, 0.29) is 6.10 Å². The van der Waals surface area contributed by atoms with Crippen LogP contribution in [0.25, 0.3) is 0 Å². The van der Waals surface area contributed by atoms with Crippen LogP contribution in [0, 0.1) is 0 Å². The van der Waals surface area contributed by atoms with Crippen molar-refractivity contribution in [1.29, 1.82) is 0 Å². The quantitative estimate of drug-likeness (QED) is 0.904. The number of carbonyl (C=O) groups is 1. The lowest BCUT2D eigenvalue weighted by atomic mass is 10.2. The molecule has 0 aliphatic carbocycles. The van der Waals surface area contributed by atoms with Crippen LogP contribution in [0.2, 0.25) is 0 Å². The van der Waals surface area contributed by atoms with Gasteiger partial charge in [-0.2, -0.15) is 0 Å². The highest BCUT2D eigenvalue weighted by atomic mass is 79.9. The summed E-state index contributed by atoms with van der Waals surface area (Å²) in [6, 6.07) is 5.02. The van der Waals surface area contributed by atoms with Crippen molar-refractivity contribution < 1.29 is 9.53 Å². The molecule has 0 aliphatic rings. The number of carbonyl (C=O) groups excluding carboxylic acids is 1. The van der Waals surface area contributed by atoms with Crippen molar-refractivity contribution in [1.82, 2.24) is 0 Å². The molecule has 14 heavy (non-hydrogen) atoms. The molecule has 0 fully saturated rings. The Bertz CT molecular complexity index is 350. The summed E-state index contributed by atoms with van der Waals surface area (Å²) in [5, 5.41) is 0. The molecule has 0 saturated carbocycles. The Morgan fingerprint density at radius 1 is 1.50 bits per heavy atom. The van der Waals surface area contributed by atoms with Crippen LogP contribution < -0.4 is 10.5 Å². The molecule has 0 spiro atoms. The largest absolute Gasteiger partial charge is 0.490 e. The maximum absolute atomic E-state index is 10.8. The number of amides is 1. The Morgan fingerprint density at radius 3 is 2.57 bits per heavy atom. The molecular weight excluding hydrogens is 246 g/mol. The Labute approximate surface area is 91.4 Å². The van der Waals surface area contributed by atoms with E-state index in [1.807, 2.05) is 13.8 Å². The van der Waals surface area contributed by atoms with Crippen molar-refractivity contribution in [3.8, 4) is 5.75 Å². The van der Waals surface area contributed by atoms with Crippen molar-refractivity contribution in [2.45, 2.75) is 20.0 Å². The number of hydrogen-bond acceptors (Lipinski definition) is 2. The van der Waals surface area contributed by atoms with E-state index in [0.717, 1.165) is 4.47 Å². The summed E-state index contributed by atoms with van der Waals surface area (Å²) < 4.78 is 6.22. The van der Waals surface area contributed by atoms with Crippen LogP contribution >= 0.6 is 15.9 Å². The van der Waals surface area contributed by atoms with Crippen molar-refractivity contribution in [3.05, 3.63) is 28.2 Å². The van der Waals surface area contributed by atoms with Gasteiger partial charge in [0.25, 0.3) is 0 Å². The third-order valence-electron chi connectivity index (χ3n) is 1.58. The zero-order valence-electron chi connectivity index (χ0n) is 8.08. The lowest BCUT2D eigenvalue weighted by Gasteiger charge is -2.11. The minimum atomic E-state index is -0.443. The Morgan fingerprint density at radius 2 is 2.14 bits per heavy atom. The summed E-state index contributed by atoms with van der Waals surface area (Å²) >= 11 is 3.31. The average molecular weight is 258 g/mol. The van der Waals surface area contributed by atoms with Gasteiger partial charge in [-0.1, -0.05) is 0 Å². The Hall–Kier alpha value is -1.03. The zero-order chi connectivity index (χ0) is 10.7. The van der Waals surface area contributed by atoms with E-state index >= 15 is 0 Å². The number of nitrogens with two attached hydrogens (primary N) is 1. The first kappa shape index (κ1) is 11.0. The van der Waals surface area contributed by atoms with Gasteiger partial charge < -0.3 is 10.5 Å². The molecule has 0 aliphatic heterocycles. The molecule has 76 valence electrons. The molecule has 1 amide bonds. The standard InChI is InChI=1S/C10H12BrNO2/c1-6(2)14-9-4-3-7(10(12)13)5-8(9)11/h3-6H,1-2H3,(H2,12,13). The smallest absolute Gasteiger partial charge is 0.248 e. The van der Waals surface area contributed by atoms with Crippen LogP contribution in [0.5, 0.6) is 5.75 Å². The molecule has 1 aromatic carbocycles. The third-order valence-corrected chi connectivity index (χ3v) is 2.20. The number of hydrogen-bond donors (Lipinski definition) is 1. The average Bonchev–Trinajstić information content (AvgIpc) is 2.07. The zero-order valence-corrected chi connectivity index (χ0v) is 9.67. The topological polar surface area (TPSA) is 52.3 Å². The van der Waals surface area contributed by atoms with Gasteiger partial charge in [0.15, 0.2) is 0 Å². The first-order chi connectivity index (χ1) is 6.50. The Balaban J connectivity index is 2.95. The van der Waals surface area contributed by atoms with Crippen LogP contribution in [0.1, 0.15) is 24.2 Å². The number of halogens is 1. The van der Waals surface area contributed by atoms with E-state index in [1.54, 1.807) is 18.2 Å². The molecule has 0 heterocycles. The SMILES string of the molecule is CC(C)Oc1ccc(C(N)=O)cc1Br. The first-order valence-electron chi connectivity index (χ1n) is 4.26.